The van der Waals surface area contributed by atoms with Crippen LogP contribution >= 0.6 is 11.3 Å². The van der Waals surface area contributed by atoms with Gasteiger partial charge in [-0.05, 0) is 50.1 Å². The molecule has 28 heavy (non-hydrogen) atoms. The Morgan fingerprint density at radius 1 is 1.18 bits per heavy atom. The molecule has 0 atom stereocenters. The van der Waals surface area contributed by atoms with Crippen molar-refractivity contribution in [2.45, 2.75) is 39.2 Å². The number of hydrogen-bond donors (Lipinski definition) is 0. The third-order valence-electron chi connectivity index (χ3n) is 4.90. The molecular formula is C21H20N2O4S. The number of carbonyl (C=O) groups excluding carboxylic acids is 2. The van der Waals surface area contributed by atoms with Gasteiger partial charge in [-0.2, -0.15) is 0 Å². The van der Waals surface area contributed by atoms with Crippen LogP contribution in [0, 0.1) is 6.92 Å². The minimum atomic E-state index is -0.597. The van der Waals surface area contributed by atoms with Crippen molar-refractivity contribution in [3.8, 4) is 0 Å². The van der Waals surface area contributed by atoms with Gasteiger partial charge in [-0.25, -0.2) is 9.78 Å². The van der Waals surface area contributed by atoms with Crippen LogP contribution in [0.4, 0.5) is 0 Å². The van der Waals surface area contributed by atoms with E-state index in [1.165, 1.54) is 11.3 Å². The van der Waals surface area contributed by atoms with Crippen LogP contribution < -0.4 is 5.56 Å². The predicted octanol–water partition coefficient (Wildman–Crippen LogP) is 3.53. The van der Waals surface area contributed by atoms with Crippen molar-refractivity contribution in [3.05, 3.63) is 61.8 Å². The normalized spacial score (nSPS) is 13.8. The summed E-state index contributed by atoms with van der Waals surface area (Å²) in [5.74, 6) is -0.0574. The Morgan fingerprint density at radius 3 is 2.82 bits per heavy atom. The zero-order chi connectivity index (χ0) is 19.7. The number of thiophene rings is 1. The van der Waals surface area contributed by atoms with E-state index in [4.69, 9.17) is 4.74 Å². The van der Waals surface area contributed by atoms with Gasteiger partial charge in [0, 0.05) is 17.8 Å². The second-order valence-electron chi connectivity index (χ2n) is 6.94. The quantitative estimate of drug-likeness (QED) is 0.498. The Balaban J connectivity index is 1.56. The van der Waals surface area contributed by atoms with Crippen molar-refractivity contribution in [2.24, 2.45) is 0 Å². The van der Waals surface area contributed by atoms with Crippen molar-refractivity contribution in [1.82, 2.24) is 9.55 Å². The number of nitrogens with zero attached hydrogens (tertiary/aromatic N) is 2. The maximum absolute atomic E-state index is 12.7. The molecule has 0 bridgehead atoms. The molecule has 0 aliphatic carbocycles. The highest BCUT2D eigenvalue weighted by Gasteiger charge is 2.17. The van der Waals surface area contributed by atoms with Crippen LogP contribution in [-0.4, -0.2) is 27.9 Å². The second-order valence-corrected chi connectivity index (χ2v) is 8.22. The lowest BCUT2D eigenvalue weighted by atomic mass is 10.1. The highest BCUT2D eigenvalue weighted by atomic mass is 32.1. The first kappa shape index (κ1) is 18.6. The molecule has 0 saturated heterocycles. The summed E-state index contributed by atoms with van der Waals surface area (Å²) in [5.41, 5.74) is 0.714. The fraction of sp³-hybridized carbons (Fsp3) is 0.333. The summed E-state index contributed by atoms with van der Waals surface area (Å²) in [7, 11) is 0. The molecule has 7 heteroatoms. The number of Topliss-reactive ketones (excluding diaryl/α,β-unsaturated/α-hetero) is 1. The van der Waals surface area contributed by atoms with Crippen LogP contribution in [0.3, 0.4) is 0 Å². The van der Waals surface area contributed by atoms with E-state index in [-0.39, 0.29) is 23.5 Å². The van der Waals surface area contributed by atoms with Crippen LogP contribution in [0.5, 0.6) is 0 Å². The largest absolute Gasteiger partial charge is 0.454 e. The van der Waals surface area contributed by atoms with Gasteiger partial charge in [0.05, 0.1) is 21.3 Å². The van der Waals surface area contributed by atoms with E-state index < -0.39 is 5.97 Å². The first-order chi connectivity index (χ1) is 13.5. The van der Waals surface area contributed by atoms with Crippen molar-refractivity contribution in [2.75, 3.05) is 6.61 Å². The number of aromatic nitrogens is 2. The number of esters is 1. The summed E-state index contributed by atoms with van der Waals surface area (Å²) in [5, 5.41) is 0.493. The van der Waals surface area contributed by atoms with Crippen LogP contribution in [0.1, 0.15) is 50.0 Å². The molecule has 1 aliphatic heterocycles. The molecule has 0 fully saturated rings. The number of carbonyl (C=O) groups is 2. The Kier molecular flexibility index (Phi) is 5.09. The van der Waals surface area contributed by atoms with Gasteiger partial charge in [0.2, 0.25) is 5.78 Å². The molecule has 0 radical (unpaired) electrons. The van der Waals surface area contributed by atoms with Gasteiger partial charge >= 0.3 is 5.97 Å². The monoisotopic (exact) mass is 396 g/mol. The van der Waals surface area contributed by atoms with Gasteiger partial charge in [0.25, 0.3) is 5.56 Å². The highest BCUT2D eigenvalue weighted by Crippen LogP contribution is 2.18. The Labute approximate surface area is 165 Å². The van der Waals surface area contributed by atoms with Crippen molar-refractivity contribution in [3.63, 3.8) is 0 Å². The molecule has 6 nitrogen and oxygen atoms in total. The average molecular weight is 396 g/mol. The minimum Gasteiger partial charge on any atom is -0.454 e. The molecule has 0 unspecified atom stereocenters. The first-order valence-electron chi connectivity index (χ1n) is 9.33. The number of rotatable bonds is 4. The van der Waals surface area contributed by atoms with Gasteiger partial charge in [0.1, 0.15) is 5.82 Å². The number of benzene rings is 1. The Hall–Kier alpha value is -2.80. The third kappa shape index (κ3) is 3.62. The van der Waals surface area contributed by atoms with Gasteiger partial charge in [-0.3, -0.25) is 14.2 Å². The molecule has 1 aliphatic rings. The summed E-state index contributed by atoms with van der Waals surface area (Å²) >= 11 is 1.37. The fourth-order valence-electron chi connectivity index (χ4n) is 3.42. The van der Waals surface area contributed by atoms with Gasteiger partial charge in [0.15, 0.2) is 6.61 Å². The summed E-state index contributed by atoms with van der Waals surface area (Å²) < 4.78 is 6.92. The lowest BCUT2D eigenvalue weighted by molar-refractivity contribution is 0.0476. The number of fused-ring (bicyclic) bond motifs is 2. The summed E-state index contributed by atoms with van der Waals surface area (Å²) in [6, 6.07) is 8.33. The maximum atomic E-state index is 12.7. The van der Waals surface area contributed by atoms with Crippen LogP contribution in [-0.2, 0) is 17.7 Å². The number of ether oxygens (including phenoxy) is 1. The standard InChI is InChI=1S/C21H20N2O4S/c1-13-6-9-18(28-13)17(24)12-27-21(26)14-7-8-15-16(11-14)22-19-5-3-2-4-10-23(19)20(15)25/h6-9,11H,2-5,10,12H2,1H3. The minimum absolute atomic E-state index is 0.0648. The molecule has 4 rings (SSSR count). The molecule has 0 spiro atoms. The predicted molar refractivity (Wildman–Crippen MR) is 107 cm³/mol. The Bertz CT molecular complexity index is 1130. The van der Waals surface area contributed by atoms with Crippen molar-refractivity contribution in [1.29, 1.82) is 0 Å². The average Bonchev–Trinajstić information content (AvgIpc) is 2.99. The highest BCUT2D eigenvalue weighted by molar-refractivity contribution is 7.14. The smallest absolute Gasteiger partial charge is 0.338 e. The molecule has 144 valence electrons. The van der Waals surface area contributed by atoms with Crippen molar-refractivity contribution < 1.29 is 14.3 Å². The van der Waals surface area contributed by atoms with E-state index >= 15 is 0 Å². The van der Waals surface area contributed by atoms with E-state index in [1.54, 1.807) is 28.8 Å². The van der Waals surface area contributed by atoms with E-state index in [9.17, 15) is 14.4 Å². The third-order valence-corrected chi connectivity index (χ3v) is 5.94. The van der Waals surface area contributed by atoms with E-state index in [0.29, 0.717) is 22.3 Å². The summed E-state index contributed by atoms with van der Waals surface area (Å²) in [6.45, 7) is 2.29. The number of ketones is 1. The summed E-state index contributed by atoms with van der Waals surface area (Å²) in [4.78, 5) is 43.5. The molecule has 0 amide bonds. The molecule has 2 aromatic heterocycles. The zero-order valence-electron chi connectivity index (χ0n) is 15.6. The van der Waals surface area contributed by atoms with E-state index in [2.05, 4.69) is 4.98 Å². The first-order valence-corrected chi connectivity index (χ1v) is 10.1. The van der Waals surface area contributed by atoms with Crippen LogP contribution in [0.2, 0.25) is 0 Å². The number of aryl methyl sites for hydroxylation is 2. The SMILES string of the molecule is Cc1ccc(C(=O)COC(=O)c2ccc3c(=O)n4c(nc3c2)CCCCC4)s1. The van der Waals surface area contributed by atoms with E-state index in [0.717, 1.165) is 36.4 Å². The molecular weight excluding hydrogens is 376 g/mol. The Morgan fingerprint density at radius 2 is 2.04 bits per heavy atom. The maximum Gasteiger partial charge on any atom is 0.338 e. The lowest BCUT2D eigenvalue weighted by Gasteiger charge is -2.10. The molecule has 1 aromatic carbocycles. The topological polar surface area (TPSA) is 78.3 Å². The second kappa shape index (κ2) is 7.67. The summed E-state index contributed by atoms with van der Waals surface area (Å²) in [6.07, 6.45) is 3.81. The number of hydrogen-bond acceptors (Lipinski definition) is 6. The van der Waals surface area contributed by atoms with E-state index in [1.807, 2.05) is 13.0 Å². The molecule has 0 N–H and O–H groups in total. The lowest BCUT2D eigenvalue weighted by Crippen LogP contribution is -2.24. The zero-order valence-corrected chi connectivity index (χ0v) is 16.4. The molecule has 3 heterocycles. The van der Waals surface area contributed by atoms with Crippen molar-refractivity contribution >= 4 is 34.0 Å². The van der Waals surface area contributed by atoms with Crippen LogP contribution in [0.25, 0.3) is 10.9 Å². The molecule has 3 aromatic rings. The fourth-order valence-corrected chi connectivity index (χ4v) is 4.21. The van der Waals surface area contributed by atoms with Crippen LogP contribution in [0.15, 0.2) is 35.1 Å². The van der Waals surface area contributed by atoms with Gasteiger partial charge in [-0.1, -0.05) is 6.42 Å². The van der Waals surface area contributed by atoms with Gasteiger partial charge < -0.3 is 4.74 Å². The molecule has 0 saturated carbocycles. The van der Waals surface area contributed by atoms with Gasteiger partial charge in [-0.15, -0.1) is 11.3 Å².